The van der Waals surface area contributed by atoms with Crippen molar-refractivity contribution < 1.29 is 14.7 Å². The summed E-state index contributed by atoms with van der Waals surface area (Å²) in [6.07, 6.45) is 0.313. The molecule has 0 radical (unpaired) electrons. The predicted octanol–water partition coefficient (Wildman–Crippen LogP) is 1.05. The molecule has 0 spiro atoms. The zero-order chi connectivity index (χ0) is 12.6. The number of benzene rings is 1. The van der Waals surface area contributed by atoms with E-state index in [0.29, 0.717) is 18.7 Å². The van der Waals surface area contributed by atoms with E-state index in [1.165, 1.54) is 12.1 Å². The Hall–Kier alpha value is -1.15. The number of aromatic carboxylic acids is 1. The molecule has 2 rings (SSSR count). The third-order valence-corrected chi connectivity index (χ3v) is 3.55. The summed E-state index contributed by atoms with van der Waals surface area (Å²) in [6.45, 7) is 0.442. The van der Waals surface area contributed by atoms with Crippen molar-refractivity contribution in [3.63, 3.8) is 0 Å². The van der Waals surface area contributed by atoms with Crippen LogP contribution in [0.25, 0.3) is 0 Å². The van der Waals surface area contributed by atoms with Crippen molar-refractivity contribution in [3.8, 4) is 0 Å². The van der Waals surface area contributed by atoms with Gasteiger partial charge in [0.2, 0.25) is 5.91 Å². The number of rotatable bonds is 2. The molecule has 1 aliphatic heterocycles. The highest BCUT2D eigenvalue weighted by Gasteiger charge is 2.29. The summed E-state index contributed by atoms with van der Waals surface area (Å²) in [6, 6.07) is 4.55. The topological polar surface area (TPSA) is 83.6 Å². The number of carboxylic acids is 1. The minimum atomic E-state index is -1.00. The van der Waals surface area contributed by atoms with E-state index in [2.05, 4.69) is 22.6 Å². The van der Waals surface area contributed by atoms with Gasteiger partial charge in [-0.2, -0.15) is 0 Å². The van der Waals surface area contributed by atoms with E-state index >= 15 is 0 Å². The van der Waals surface area contributed by atoms with E-state index in [1.807, 2.05) is 0 Å². The summed E-state index contributed by atoms with van der Waals surface area (Å²) in [4.78, 5) is 24.2. The lowest BCUT2D eigenvalue weighted by molar-refractivity contribution is -0.117. The minimum Gasteiger partial charge on any atom is -0.478 e. The van der Waals surface area contributed by atoms with Crippen LogP contribution < -0.4 is 10.6 Å². The number of carbonyl (C=O) groups is 2. The van der Waals surface area contributed by atoms with Crippen molar-refractivity contribution in [3.05, 3.63) is 27.3 Å². The fourth-order valence-electron chi connectivity index (χ4n) is 1.82. The molecule has 1 fully saturated rings. The largest absolute Gasteiger partial charge is 0.478 e. The van der Waals surface area contributed by atoms with Crippen LogP contribution in [-0.4, -0.2) is 29.6 Å². The highest BCUT2D eigenvalue weighted by atomic mass is 127. The molecule has 17 heavy (non-hydrogen) atoms. The van der Waals surface area contributed by atoms with Crippen LogP contribution in [0.15, 0.2) is 18.2 Å². The van der Waals surface area contributed by atoms with E-state index in [9.17, 15) is 9.59 Å². The van der Waals surface area contributed by atoms with Crippen molar-refractivity contribution in [1.29, 1.82) is 0 Å². The Morgan fingerprint density at radius 2 is 2.24 bits per heavy atom. The lowest BCUT2D eigenvalue weighted by atomic mass is 10.2. The van der Waals surface area contributed by atoms with Gasteiger partial charge in [-0.05, 0) is 40.8 Å². The molecule has 0 saturated carbocycles. The quantitative estimate of drug-likeness (QED) is 0.785. The fourth-order valence-corrected chi connectivity index (χ4v) is 2.45. The molecule has 0 aromatic heterocycles. The first-order valence-corrected chi connectivity index (χ1v) is 6.15. The number of carboxylic acid groups (broad SMARTS) is 1. The number of carbonyl (C=O) groups excluding carboxylic acids is 1. The van der Waals surface area contributed by atoms with Crippen molar-refractivity contribution >= 4 is 40.2 Å². The van der Waals surface area contributed by atoms with E-state index in [0.717, 1.165) is 3.57 Å². The lowest BCUT2D eigenvalue weighted by Gasteiger charge is -2.18. The molecule has 0 aliphatic carbocycles. The molecule has 1 aliphatic rings. The number of anilines is 1. The van der Waals surface area contributed by atoms with E-state index < -0.39 is 5.97 Å². The van der Waals surface area contributed by atoms with Crippen LogP contribution >= 0.6 is 22.6 Å². The molecule has 90 valence electrons. The van der Waals surface area contributed by atoms with Crippen molar-refractivity contribution in [1.82, 2.24) is 0 Å². The molecule has 1 heterocycles. The molecule has 5 nitrogen and oxygen atoms in total. The summed E-state index contributed by atoms with van der Waals surface area (Å²) in [5, 5.41) is 8.93. The predicted molar refractivity (Wildman–Crippen MR) is 71.1 cm³/mol. The van der Waals surface area contributed by atoms with Gasteiger partial charge in [0.25, 0.3) is 0 Å². The average Bonchev–Trinajstić information content (AvgIpc) is 2.58. The zero-order valence-electron chi connectivity index (χ0n) is 8.89. The Bertz CT molecular complexity index is 490. The first-order valence-electron chi connectivity index (χ1n) is 5.08. The first-order chi connectivity index (χ1) is 7.99. The second-order valence-electron chi connectivity index (χ2n) is 3.94. The SMILES string of the molecule is NC1CC(=O)N(c2cc(C(=O)O)ccc2I)C1. The Balaban J connectivity index is 2.41. The van der Waals surface area contributed by atoms with Gasteiger partial charge in [0.15, 0.2) is 0 Å². The lowest BCUT2D eigenvalue weighted by Crippen LogP contribution is -2.28. The Morgan fingerprint density at radius 1 is 1.53 bits per heavy atom. The zero-order valence-corrected chi connectivity index (χ0v) is 11.0. The second-order valence-corrected chi connectivity index (χ2v) is 5.10. The summed E-state index contributed by atoms with van der Waals surface area (Å²) in [5.74, 6) is -1.06. The van der Waals surface area contributed by atoms with Gasteiger partial charge in [-0.25, -0.2) is 4.79 Å². The summed E-state index contributed by atoms with van der Waals surface area (Å²) < 4.78 is 0.843. The summed E-state index contributed by atoms with van der Waals surface area (Å²) in [5.41, 5.74) is 6.52. The van der Waals surface area contributed by atoms with Crippen LogP contribution in [0.2, 0.25) is 0 Å². The normalized spacial score (nSPS) is 19.8. The van der Waals surface area contributed by atoms with Crippen LogP contribution in [-0.2, 0) is 4.79 Å². The van der Waals surface area contributed by atoms with Gasteiger partial charge in [-0.3, -0.25) is 4.79 Å². The molecule has 6 heteroatoms. The van der Waals surface area contributed by atoms with Crippen molar-refractivity contribution in [2.24, 2.45) is 5.73 Å². The van der Waals surface area contributed by atoms with Crippen molar-refractivity contribution in [2.75, 3.05) is 11.4 Å². The first kappa shape index (κ1) is 12.3. The minimum absolute atomic E-state index is 0.0574. The maximum Gasteiger partial charge on any atom is 0.335 e. The number of hydrogen-bond donors (Lipinski definition) is 2. The number of nitrogens with zero attached hydrogens (tertiary/aromatic N) is 1. The molecule has 1 saturated heterocycles. The molecule has 1 unspecified atom stereocenters. The van der Waals surface area contributed by atoms with Gasteiger partial charge in [0.1, 0.15) is 0 Å². The molecule has 1 amide bonds. The highest BCUT2D eigenvalue weighted by Crippen LogP contribution is 2.27. The smallest absolute Gasteiger partial charge is 0.335 e. The van der Waals surface area contributed by atoms with Gasteiger partial charge < -0.3 is 15.7 Å². The molecule has 1 atom stereocenters. The molecular formula is C11H11IN2O3. The van der Waals surface area contributed by atoms with Crippen LogP contribution in [0.5, 0.6) is 0 Å². The Morgan fingerprint density at radius 3 is 2.76 bits per heavy atom. The summed E-state index contributed by atoms with van der Waals surface area (Å²) in [7, 11) is 0. The third-order valence-electron chi connectivity index (χ3n) is 2.64. The van der Waals surface area contributed by atoms with Crippen LogP contribution in [0, 0.1) is 3.57 Å². The Labute approximate surface area is 112 Å². The Kier molecular flexibility index (Phi) is 3.34. The maximum absolute atomic E-state index is 11.7. The fraction of sp³-hybridized carbons (Fsp3) is 0.273. The van der Waals surface area contributed by atoms with Crippen LogP contribution in [0.4, 0.5) is 5.69 Å². The molecular weight excluding hydrogens is 335 g/mol. The van der Waals surface area contributed by atoms with Crippen LogP contribution in [0.1, 0.15) is 16.8 Å². The standard InChI is InChI=1S/C11H11IN2O3/c12-8-2-1-6(11(16)17)3-9(8)14-5-7(13)4-10(14)15/h1-3,7H,4-5,13H2,(H,16,17). The van der Waals surface area contributed by atoms with E-state index in [4.69, 9.17) is 10.8 Å². The molecule has 3 N–H and O–H groups in total. The van der Waals surface area contributed by atoms with Gasteiger partial charge in [-0.15, -0.1) is 0 Å². The van der Waals surface area contributed by atoms with Crippen molar-refractivity contribution in [2.45, 2.75) is 12.5 Å². The molecule has 0 bridgehead atoms. The number of hydrogen-bond acceptors (Lipinski definition) is 3. The van der Waals surface area contributed by atoms with Gasteiger partial charge in [0, 0.05) is 22.6 Å². The highest BCUT2D eigenvalue weighted by molar-refractivity contribution is 14.1. The molecule has 1 aromatic carbocycles. The van der Waals surface area contributed by atoms with Gasteiger partial charge in [-0.1, -0.05) is 0 Å². The number of amides is 1. The van der Waals surface area contributed by atoms with Crippen LogP contribution in [0.3, 0.4) is 0 Å². The molecule has 1 aromatic rings. The third kappa shape index (κ3) is 2.42. The summed E-state index contributed by atoms with van der Waals surface area (Å²) >= 11 is 2.08. The van der Waals surface area contributed by atoms with E-state index in [-0.39, 0.29) is 17.5 Å². The van der Waals surface area contributed by atoms with Gasteiger partial charge in [0.05, 0.1) is 11.3 Å². The maximum atomic E-state index is 11.7. The number of nitrogens with two attached hydrogens (primary N) is 1. The average molecular weight is 346 g/mol. The van der Waals surface area contributed by atoms with E-state index in [1.54, 1.807) is 11.0 Å². The van der Waals surface area contributed by atoms with Gasteiger partial charge >= 0.3 is 5.97 Å². The monoisotopic (exact) mass is 346 g/mol. The second kappa shape index (κ2) is 4.61. The number of halogens is 1.